The Kier molecular flexibility index (Phi) is 9.38. The minimum Gasteiger partial charge on any atom is -0.490 e. The fraction of sp³-hybridized carbons (Fsp3) is 0.568. The number of anilines is 1. The number of aryl methyl sites for hydroxylation is 2. The van der Waals surface area contributed by atoms with Crippen molar-refractivity contribution in [2.45, 2.75) is 91.0 Å². The molecule has 3 aromatic heterocycles. The zero-order valence-corrected chi connectivity index (χ0v) is 30.8. The zero-order valence-electron chi connectivity index (χ0n) is 30.0. The monoisotopic (exact) mass is 706 g/mol. The van der Waals surface area contributed by atoms with Gasteiger partial charge in [0.05, 0.1) is 17.9 Å². The molecule has 7 rings (SSSR count). The third-order valence-electron chi connectivity index (χ3n) is 10.3. The Morgan fingerprint density at radius 1 is 1.14 bits per heavy atom. The van der Waals surface area contributed by atoms with Crippen LogP contribution in [0.4, 0.5) is 10.3 Å². The van der Waals surface area contributed by atoms with Gasteiger partial charge in [-0.2, -0.15) is 9.36 Å². The van der Waals surface area contributed by atoms with Gasteiger partial charge in [0.2, 0.25) is 5.95 Å². The summed E-state index contributed by atoms with van der Waals surface area (Å²) in [7, 11) is 1.93. The van der Waals surface area contributed by atoms with Crippen LogP contribution < -0.4 is 9.64 Å². The summed E-state index contributed by atoms with van der Waals surface area (Å²) in [6.45, 7) is 16.3. The maximum atomic E-state index is 15.8. The molecule has 0 radical (unpaired) electrons. The van der Waals surface area contributed by atoms with Crippen LogP contribution in [0.25, 0.3) is 32.9 Å². The molecule has 2 fully saturated rings. The largest absolute Gasteiger partial charge is 0.490 e. The number of aromatic nitrogens is 4. The summed E-state index contributed by atoms with van der Waals surface area (Å²) >= 11 is 1.33. The third kappa shape index (κ3) is 6.37. The SMILES string of the molecule is Cc1nc2c(cc(-c3nc(N4CCN(C5CCOCC5)C[C@H]4C)ns3)n2C)c(-c2cc(F)c3c(c2C)CCCO3)c1[C@H](OC(C)(C)C)C(=O)O. The number of carboxylic acids is 1. The molecule has 4 aromatic rings. The lowest BCUT2D eigenvalue weighted by Crippen LogP contribution is -2.56. The Morgan fingerprint density at radius 2 is 1.90 bits per heavy atom. The van der Waals surface area contributed by atoms with Gasteiger partial charge in [-0.15, -0.1) is 0 Å². The first-order valence-electron chi connectivity index (χ1n) is 17.6. The van der Waals surface area contributed by atoms with Crippen LogP contribution in [0.2, 0.25) is 0 Å². The number of halogens is 1. The Labute approximate surface area is 296 Å². The maximum Gasteiger partial charge on any atom is 0.337 e. The normalized spacial score (nSPS) is 19.8. The fourth-order valence-corrected chi connectivity index (χ4v) is 8.60. The molecule has 3 aliphatic heterocycles. The smallest absolute Gasteiger partial charge is 0.337 e. The Hall–Kier alpha value is -3.65. The summed E-state index contributed by atoms with van der Waals surface area (Å²) in [4.78, 5) is 27.8. The van der Waals surface area contributed by atoms with Crippen LogP contribution in [0.3, 0.4) is 0 Å². The number of piperazine rings is 1. The van der Waals surface area contributed by atoms with Crippen LogP contribution in [0.1, 0.15) is 75.4 Å². The molecule has 0 aliphatic carbocycles. The molecule has 0 bridgehead atoms. The first-order chi connectivity index (χ1) is 23.8. The van der Waals surface area contributed by atoms with Crippen molar-refractivity contribution in [3.05, 3.63) is 40.3 Å². The van der Waals surface area contributed by atoms with Crippen LogP contribution in [0.5, 0.6) is 5.75 Å². The molecule has 0 unspecified atom stereocenters. The average Bonchev–Trinajstić information content (AvgIpc) is 3.69. The second kappa shape index (κ2) is 13.5. The first kappa shape index (κ1) is 34.8. The molecule has 0 amide bonds. The van der Waals surface area contributed by atoms with E-state index in [0.717, 1.165) is 73.9 Å². The van der Waals surface area contributed by atoms with Gasteiger partial charge < -0.3 is 28.8 Å². The zero-order chi connectivity index (χ0) is 35.5. The van der Waals surface area contributed by atoms with Gasteiger partial charge >= 0.3 is 5.97 Å². The van der Waals surface area contributed by atoms with E-state index in [1.807, 2.05) is 45.4 Å². The Bertz CT molecular complexity index is 1930. The highest BCUT2D eigenvalue weighted by atomic mass is 32.1. The van der Waals surface area contributed by atoms with E-state index in [1.165, 1.54) is 17.6 Å². The van der Waals surface area contributed by atoms with Gasteiger partial charge in [0.25, 0.3) is 0 Å². The van der Waals surface area contributed by atoms with Crippen LogP contribution in [-0.2, 0) is 27.7 Å². The van der Waals surface area contributed by atoms with Crippen molar-refractivity contribution in [1.82, 2.24) is 23.8 Å². The molecule has 2 atom stereocenters. The van der Waals surface area contributed by atoms with E-state index in [-0.39, 0.29) is 11.8 Å². The van der Waals surface area contributed by atoms with Gasteiger partial charge in [0.1, 0.15) is 5.65 Å². The molecule has 268 valence electrons. The lowest BCUT2D eigenvalue weighted by Gasteiger charge is -2.43. The molecule has 3 aliphatic rings. The highest BCUT2D eigenvalue weighted by Gasteiger charge is 2.36. The van der Waals surface area contributed by atoms with E-state index in [2.05, 4.69) is 16.7 Å². The van der Waals surface area contributed by atoms with Gasteiger partial charge in [-0.25, -0.2) is 14.2 Å². The van der Waals surface area contributed by atoms with Crippen molar-refractivity contribution in [3.63, 3.8) is 0 Å². The maximum absolute atomic E-state index is 15.8. The van der Waals surface area contributed by atoms with E-state index in [4.69, 9.17) is 28.6 Å². The number of carboxylic acid groups (broad SMARTS) is 1. The van der Waals surface area contributed by atoms with Crippen LogP contribution in [0, 0.1) is 19.7 Å². The second-order valence-corrected chi connectivity index (χ2v) is 15.6. The number of benzene rings is 1. The van der Waals surface area contributed by atoms with E-state index in [9.17, 15) is 9.90 Å². The Balaban J connectivity index is 1.34. The summed E-state index contributed by atoms with van der Waals surface area (Å²) in [5, 5.41) is 12.0. The molecule has 11 nitrogen and oxygen atoms in total. The topological polar surface area (TPSA) is 115 Å². The predicted molar refractivity (Wildman–Crippen MR) is 192 cm³/mol. The summed E-state index contributed by atoms with van der Waals surface area (Å²) in [5.41, 5.74) is 4.43. The molecule has 6 heterocycles. The molecule has 50 heavy (non-hydrogen) atoms. The van der Waals surface area contributed by atoms with Crippen molar-refractivity contribution >= 4 is 34.5 Å². The molecule has 1 N–H and O–H groups in total. The lowest BCUT2D eigenvalue weighted by molar-refractivity contribution is -0.160. The molecule has 0 saturated carbocycles. The number of pyridine rings is 1. The first-order valence-corrected chi connectivity index (χ1v) is 18.4. The summed E-state index contributed by atoms with van der Waals surface area (Å²) in [5.74, 6) is -0.620. The molecular weight excluding hydrogens is 660 g/mol. The number of nitrogens with zero attached hydrogens (tertiary/aromatic N) is 6. The molecule has 0 spiro atoms. The number of rotatable bonds is 7. The van der Waals surface area contributed by atoms with Gasteiger partial charge in [0.15, 0.2) is 22.7 Å². The second-order valence-electron chi connectivity index (χ2n) is 14.8. The molecule has 13 heteroatoms. The quantitative estimate of drug-likeness (QED) is 0.229. The molecule has 2 saturated heterocycles. The van der Waals surface area contributed by atoms with Crippen molar-refractivity contribution in [2.75, 3.05) is 44.4 Å². The number of carbonyl (C=O) groups is 1. The highest BCUT2D eigenvalue weighted by Crippen LogP contribution is 2.46. The van der Waals surface area contributed by atoms with E-state index in [0.29, 0.717) is 58.4 Å². The highest BCUT2D eigenvalue weighted by molar-refractivity contribution is 7.09. The predicted octanol–water partition coefficient (Wildman–Crippen LogP) is 6.47. The van der Waals surface area contributed by atoms with Crippen molar-refractivity contribution in [2.24, 2.45) is 7.05 Å². The average molecular weight is 707 g/mol. The van der Waals surface area contributed by atoms with E-state index >= 15 is 4.39 Å². The number of hydrogen-bond donors (Lipinski definition) is 1. The Morgan fingerprint density at radius 3 is 2.60 bits per heavy atom. The molecular formula is C37H47FN6O5S. The van der Waals surface area contributed by atoms with Crippen LogP contribution >= 0.6 is 11.5 Å². The standard InChI is InChI=1S/C37H47FN6O5S/c1-20-19-43(23-10-15-47-16-11-23)12-13-44(20)36-40-34(50-41-36)28-18-26-30(25-17-27(38)31-24(21(25)2)9-8-14-48-31)29(22(3)39-33(26)42(28)7)32(35(45)46)49-37(4,5)6/h17-18,20,23,32H,8-16,19H2,1-7H3,(H,45,46)/t20-,32+/m1/s1. The lowest BCUT2D eigenvalue weighted by atomic mass is 9.86. The van der Waals surface area contributed by atoms with Crippen LogP contribution in [-0.4, -0.2) is 92.0 Å². The molecule has 1 aromatic carbocycles. The number of fused-ring (bicyclic) bond motifs is 2. The summed E-state index contributed by atoms with van der Waals surface area (Å²) < 4.78 is 40.2. The van der Waals surface area contributed by atoms with Gasteiger partial charge in [-0.05, 0) is 102 Å². The minimum atomic E-state index is -1.34. The minimum absolute atomic E-state index is 0.252. The van der Waals surface area contributed by atoms with Gasteiger partial charge in [-0.1, -0.05) is 0 Å². The van der Waals surface area contributed by atoms with Gasteiger partial charge in [0, 0.05) is 79.7 Å². The van der Waals surface area contributed by atoms with Crippen molar-refractivity contribution in [3.8, 4) is 27.6 Å². The summed E-state index contributed by atoms with van der Waals surface area (Å²) in [6.07, 6.45) is 2.26. The number of ether oxygens (including phenoxy) is 3. The fourth-order valence-electron chi connectivity index (χ4n) is 7.88. The van der Waals surface area contributed by atoms with E-state index in [1.54, 1.807) is 6.92 Å². The van der Waals surface area contributed by atoms with Gasteiger partial charge in [-0.3, -0.25) is 4.90 Å². The van der Waals surface area contributed by atoms with Crippen molar-refractivity contribution < 1.29 is 28.5 Å². The number of hydrogen-bond acceptors (Lipinski definition) is 10. The van der Waals surface area contributed by atoms with E-state index < -0.39 is 23.5 Å². The van der Waals surface area contributed by atoms with Crippen LogP contribution in [0.15, 0.2) is 12.1 Å². The summed E-state index contributed by atoms with van der Waals surface area (Å²) in [6, 6.07) is 4.28. The van der Waals surface area contributed by atoms with Crippen molar-refractivity contribution in [1.29, 1.82) is 0 Å². The number of aliphatic carboxylic acids is 1. The third-order valence-corrected chi connectivity index (χ3v) is 11.1.